The highest BCUT2D eigenvalue weighted by atomic mass is 32.1. The van der Waals surface area contributed by atoms with Crippen LogP contribution in [0.3, 0.4) is 0 Å². The van der Waals surface area contributed by atoms with Crippen molar-refractivity contribution in [3.63, 3.8) is 0 Å². The molecule has 8 heteroatoms. The number of ether oxygens (including phenoxy) is 2. The van der Waals surface area contributed by atoms with Gasteiger partial charge in [0.2, 0.25) is 0 Å². The standard InChI is InChI=1S/C22H22N2O5S/c1-14-12-23(18-9-6-10-29-18)22(27)24(20(14)25)13-16-11-17(15-7-4-3-5-8-15)30-19(16)21(26)28-2/h3-5,7-8,11-12,18H,6,9-10,13H2,1-2H3. The quantitative estimate of drug-likeness (QED) is 0.586. The smallest absolute Gasteiger partial charge is 0.348 e. The Bertz CT molecular complexity index is 1190. The van der Waals surface area contributed by atoms with Gasteiger partial charge in [-0.1, -0.05) is 30.3 Å². The highest BCUT2D eigenvalue weighted by molar-refractivity contribution is 7.17. The first-order chi connectivity index (χ1) is 14.5. The van der Waals surface area contributed by atoms with Gasteiger partial charge in [0.25, 0.3) is 5.56 Å². The second-order valence-corrected chi connectivity index (χ2v) is 8.24. The van der Waals surface area contributed by atoms with Gasteiger partial charge in [-0.25, -0.2) is 9.59 Å². The Balaban J connectivity index is 1.81. The van der Waals surface area contributed by atoms with Crippen LogP contribution in [0.25, 0.3) is 10.4 Å². The first kappa shape index (κ1) is 20.3. The number of carbonyl (C=O) groups excluding carboxylic acids is 1. The number of benzene rings is 1. The van der Waals surface area contributed by atoms with Crippen LogP contribution in [0.4, 0.5) is 0 Å². The van der Waals surface area contributed by atoms with E-state index >= 15 is 0 Å². The van der Waals surface area contributed by atoms with Crippen LogP contribution in [0.15, 0.2) is 52.2 Å². The fourth-order valence-electron chi connectivity index (χ4n) is 3.61. The number of hydrogen-bond acceptors (Lipinski definition) is 6. The van der Waals surface area contributed by atoms with E-state index in [2.05, 4.69) is 0 Å². The summed E-state index contributed by atoms with van der Waals surface area (Å²) >= 11 is 1.29. The molecule has 1 fully saturated rings. The lowest BCUT2D eigenvalue weighted by molar-refractivity contribution is 0.0512. The van der Waals surface area contributed by atoms with Crippen LogP contribution in [0.2, 0.25) is 0 Å². The van der Waals surface area contributed by atoms with Gasteiger partial charge in [0.15, 0.2) is 0 Å². The van der Waals surface area contributed by atoms with Crippen molar-refractivity contribution in [2.75, 3.05) is 13.7 Å². The monoisotopic (exact) mass is 426 g/mol. The molecule has 30 heavy (non-hydrogen) atoms. The number of thiophene rings is 1. The predicted molar refractivity (Wildman–Crippen MR) is 114 cm³/mol. The summed E-state index contributed by atoms with van der Waals surface area (Å²) < 4.78 is 13.2. The van der Waals surface area contributed by atoms with Gasteiger partial charge in [-0.15, -0.1) is 11.3 Å². The van der Waals surface area contributed by atoms with Crippen molar-refractivity contribution < 1.29 is 14.3 Å². The lowest BCUT2D eigenvalue weighted by Crippen LogP contribution is -2.42. The SMILES string of the molecule is COC(=O)c1sc(-c2ccccc2)cc1Cn1c(=O)c(C)cn(C2CCCO2)c1=O. The average molecular weight is 426 g/mol. The van der Waals surface area contributed by atoms with Crippen LogP contribution < -0.4 is 11.2 Å². The summed E-state index contributed by atoms with van der Waals surface area (Å²) in [5, 5.41) is 0. The minimum absolute atomic E-state index is 0.0141. The Kier molecular flexibility index (Phi) is 5.69. The molecule has 1 atom stereocenters. The summed E-state index contributed by atoms with van der Waals surface area (Å²) in [6.07, 6.45) is 2.78. The average Bonchev–Trinajstić information content (AvgIpc) is 3.44. The third kappa shape index (κ3) is 3.76. The van der Waals surface area contributed by atoms with Gasteiger partial charge in [0.1, 0.15) is 11.1 Å². The van der Waals surface area contributed by atoms with Gasteiger partial charge in [-0.3, -0.25) is 13.9 Å². The number of aromatic nitrogens is 2. The molecule has 1 aliphatic heterocycles. The molecule has 3 heterocycles. The molecule has 4 rings (SSSR count). The molecule has 1 saturated heterocycles. The fraction of sp³-hybridized carbons (Fsp3) is 0.318. The Morgan fingerprint density at radius 1 is 1.27 bits per heavy atom. The largest absolute Gasteiger partial charge is 0.465 e. The Labute approximate surface area is 177 Å². The molecule has 1 unspecified atom stereocenters. The summed E-state index contributed by atoms with van der Waals surface area (Å²) in [4.78, 5) is 39.5. The number of aryl methyl sites for hydroxylation is 1. The molecule has 0 spiro atoms. The molecule has 0 aliphatic carbocycles. The molecule has 0 radical (unpaired) electrons. The lowest BCUT2D eigenvalue weighted by atomic mass is 10.1. The maximum atomic E-state index is 13.1. The van der Waals surface area contributed by atoms with E-state index in [9.17, 15) is 14.4 Å². The van der Waals surface area contributed by atoms with Crippen LogP contribution in [0, 0.1) is 6.92 Å². The minimum atomic E-state index is -0.489. The maximum absolute atomic E-state index is 13.1. The van der Waals surface area contributed by atoms with Crippen molar-refractivity contribution in [2.24, 2.45) is 0 Å². The van der Waals surface area contributed by atoms with Crippen molar-refractivity contribution in [3.8, 4) is 10.4 Å². The van der Waals surface area contributed by atoms with E-state index in [1.165, 1.54) is 27.6 Å². The third-order valence-corrected chi connectivity index (χ3v) is 6.36. The van der Waals surface area contributed by atoms with Crippen LogP contribution in [0.1, 0.15) is 39.9 Å². The zero-order valence-corrected chi connectivity index (χ0v) is 17.6. The molecule has 1 aromatic carbocycles. The van der Waals surface area contributed by atoms with E-state index in [0.717, 1.165) is 23.3 Å². The highest BCUT2D eigenvalue weighted by Crippen LogP contribution is 2.32. The molecule has 1 aliphatic rings. The van der Waals surface area contributed by atoms with E-state index in [1.54, 1.807) is 13.1 Å². The maximum Gasteiger partial charge on any atom is 0.348 e. The van der Waals surface area contributed by atoms with Crippen molar-refractivity contribution in [1.82, 2.24) is 9.13 Å². The number of nitrogens with zero attached hydrogens (tertiary/aromatic N) is 2. The zero-order valence-electron chi connectivity index (χ0n) is 16.8. The number of esters is 1. The summed E-state index contributed by atoms with van der Waals surface area (Å²) in [5.41, 5.74) is 1.16. The molecule has 2 aromatic heterocycles. The predicted octanol–water partition coefficient (Wildman–Crippen LogP) is 3.19. The van der Waals surface area contributed by atoms with Gasteiger partial charge < -0.3 is 9.47 Å². The number of rotatable bonds is 5. The highest BCUT2D eigenvalue weighted by Gasteiger charge is 2.23. The van der Waals surface area contributed by atoms with Crippen LogP contribution in [-0.2, 0) is 16.0 Å². The van der Waals surface area contributed by atoms with Gasteiger partial charge in [-0.05, 0) is 37.0 Å². The van der Waals surface area contributed by atoms with Crippen LogP contribution >= 0.6 is 11.3 Å². The Hall–Kier alpha value is -2.97. The summed E-state index contributed by atoms with van der Waals surface area (Å²) in [5.74, 6) is -0.489. The molecule has 3 aromatic rings. The molecular formula is C22H22N2O5S. The Morgan fingerprint density at radius 2 is 2.03 bits per heavy atom. The summed E-state index contributed by atoms with van der Waals surface area (Å²) in [6.45, 7) is 2.25. The summed E-state index contributed by atoms with van der Waals surface area (Å²) in [7, 11) is 1.32. The van der Waals surface area contributed by atoms with Gasteiger partial charge in [-0.2, -0.15) is 0 Å². The van der Waals surface area contributed by atoms with Crippen molar-refractivity contribution >= 4 is 17.3 Å². The number of methoxy groups -OCH3 is 1. The van der Waals surface area contributed by atoms with Crippen molar-refractivity contribution in [1.29, 1.82) is 0 Å². The molecule has 0 N–H and O–H groups in total. The molecule has 0 bridgehead atoms. The van der Waals surface area contributed by atoms with E-state index in [1.807, 2.05) is 36.4 Å². The minimum Gasteiger partial charge on any atom is -0.465 e. The van der Waals surface area contributed by atoms with Crippen molar-refractivity contribution in [3.05, 3.63) is 79.4 Å². The van der Waals surface area contributed by atoms with Crippen LogP contribution in [0.5, 0.6) is 0 Å². The Morgan fingerprint density at radius 3 is 2.70 bits per heavy atom. The van der Waals surface area contributed by atoms with E-state index in [4.69, 9.17) is 9.47 Å². The molecular weight excluding hydrogens is 404 g/mol. The molecule has 0 amide bonds. The lowest BCUT2D eigenvalue weighted by Gasteiger charge is -2.16. The second kappa shape index (κ2) is 8.41. The molecule has 0 saturated carbocycles. The third-order valence-electron chi connectivity index (χ3n) is 5.15. The van der Waals surface area contributed by atoms with Gasteiger partial charge in [0, 0.05) is 23.2 Å². The van der Waals surface area contributed by atoms with Crippen LogP contribution in [-0.4, -0.2) is 28.8 Å². The van der Waals surface area contributed by atoms with E-state index < -0.39 is 11.7 Å². The topological polar surface area (TPSA) is 79.5 Å². The summed E-state index contributed by atoms with van der Waals surface area (Å²) in [6, 6.07) is 11.5. The first-order valence-electron chi connectivity index (χ1n) is 9.70. The fourth-order valence-corrected chi connectivity index (χ4v) is 4.71. The number of hydrogen-bond donors (Lipinski definition) is 0. The number of carbonyl (C=O) groups is 1. The molecule has 7 nitrogen and oxygen atoms in total. The van der Waals surface area contributed by atoms with Crippen molar-refractivity contribution in [2.45, 2.75) is 32.5 Å². The first-order valence-corrected chi connectivity index (χ1v) is 10.5. The van der Waals surface area contributed by atoms with E-state index in [0.29, 0.717) is 22.6 Å². The second-order valence-electron chi connectivity index (χ2n) is 7.18. The zero-order chi connectivity index (χ0) is 21.3. The van der Waals surface area contributed by atoms with Gasteiger partial charge in [0.05, 0.1) is 13.7 Å². The normalized spacial score (nSPS) is 16.0. The molecule has 156 valence electrons. The van der Waals surface area contributed by atoms with Gasteiger partial charge >= 0.3 is 11.7 Å². The van der Waals surface area contributed by atoms with E-state index in [-0.39, 0.29) is 18.3 Å².